The van der Waals surface area contributed by atoms with Crippen molar-refractivity contribution >= 4 is 0 Å². The number of H-pyrrole nitrogens is 1. The monoisotopic (exact) mass is 378 g/mol. The minimum absolute atomic E-state index is 0.328. The standard InChI is InChI=1S/C20H18N4O4/c1-25-13-6-4-5-12(9-13)16-11-17(23-22-16)20-21-19(24-28-20)15-8-7-14(26-2)10-18(15)27-3/h4-11H,1-3H3,(H,22,23). The molecule has 2 aromatic carbocycles. The molecule has 0 aliphatic rings. The number of nitrogens with one attached hydrogen (secondary N) is 1. The van der Waals surface area contributed by atoms with Crippen molar-refractivity contribution < 1.29 is 18.7 Å². The zero-order chi connectivity index (χ0) is 19.5. The summed E-state index contributed by atoms with van der Waals surface area (Å²) in [6.45, 7) is 0. The van der Waals surface area contributed by atoms with E-state index in [4.69, 9.17) is 18.7 Å². The zero-order valence-corrected chi connectivity index (χ0v) is 15.6. The second-order valence-corrected chi connectivity index (χ2v) is 5.89. The second-order valence-electron chi connectivity index (χ2n) is 5.89. The summed E-state index contributed by atoms with van der Waals surface area (Å²) in [4.78, 5) is 4.46. The predicted molar refractivity (Wildman–Crippen MR) is 102 cm³/mol. The van der Waals surface area contributed by atoms with Gasteiger partial charge in [-0.2, -0.15) is 10.1 Å². The summed E-state index contributed by atoms with van der Waals surface area (Å²) >= 11 is 0. The topological polar surface area (TPSA) is 95.3 Å². The summed E-state index contributed by atoms with van der Waals surface area (Å²) in [5, 5.41) is 11.3. The van der Waals surface area contributed by atoms with Crippen molar-refractivity contribution in [3.63, 3.8) is 0 Å². The van der Waals surface area contributed by atoms with E-state index in [0.29, 0.717) is 34.5 Å². The number of rotatable bonds is 6. The molecule has 0 saturated carbocycles. The SMILES string of the molecule is COc1cccc(-c2cc(-c3nc(-c4ccc(OC)cc4OC)no3)[nH]n2)c1. The number of nitrogens with zero attached hydrogens (tertiary/aromatic N) is 3. The molecule has 2 aromatic heterocycles. The molecule has 28 heavy (non-hydrogen) atoms. The lowest BCUT2D eigenvalue weighted by atomic mass is 10.1. The fraction of sp³-hybridized carbons (Fsp3) is 0.150. The third-order valence-electron chi connectivity index (χ3n) is 4.25. The van der Waals surface area contributed by atoms with Gasteiger partial charge < -0.3 is 18.7 Å². The molecule has 4 rings (SSSR count). The molecule has 4 aromatic rings. The summed E-state index contributed by atoms with van der Waals surface area (Å²) in [7, 11) is 4.80. The highest BCUT2D eigenvalue weighted by Gasteiger charge is 2.17. The Hall–Kier alpha value is -3.81. The van der Waals surface area contributed by atoms with E-state index in [1.807, 2.05) is 42.5 Å². The van der Waals surface area contributed by atoms with Crippen LogP contribution in [0.15, 0.2) is 53.1 Å². The van der Waals surface area contributed by atoms with Crippen molar-refractivity contribution in [3.05, 3.63) is 48.5 Å². The largest absolute Gasteiger partial charge is 0.497 e. The maximum Gasteiger partial charge on any atom is 0.276 e. The molecule has 0 amide bonds. The van der Waals surface area contributed by atoms with E-state index in [0.717, 1.165) is 17.0 Å². The molecule has 0 saturated heterocycles. The minimum Gasteiger partial charge on any atom is -0.497 e. The number of benzene rings is 2. The number of hydrogen-bond donors (Lipinski definition) is 1. The number of aromatic nitrogens is 4. The Balaban J connectivity index is 1.64. The van der Waals surface area contributed by atoms with Gasteiger partial charge >= 0.3 is 0 Å². The van der Waals surface area contributed by atoms with Gasteiger partial charge in [0.25, 0.3) is 5.89 Å². The fourth-order valence-electron chi connectivity index (χ4n) is 2.79. The summed E-state index contributed by atoms with van der Waals surface area (Å²) in [5.41, 5.74) is 2.98. The summed E-state index contributed by atoms with van der Waals surface area (Å²) in [6.07, 6.45) is 0. The third kappa shape index (κ3) is 3.27. The van der Waals surface area contributed by atoms with Crippen molar-refractivity contribution in [2.45, 2.75) is 0 Å². The Morgan fingerprint density at radius 1 is 0.893 bits per heavy atom. The molecule has 0 atom stereocenters. The molecular formula is C20H18N4O4. The van der Waals surface area contributed by atoms with Gasteiger partial charge in [0.1, 0.15) is 22.9 Å². The van der Waals surface area contributed by atoms with E-state index in [1.165, 1.54) is 0 Å². The summed E-state index contributed by atoms with van der Waals surface area (Å²) < 4.78 is 21.3. The molecule has 142 valence electrons. The normalized spacial score (nSPS) is 10.7. The second kappa shape index (κ2) is 7.43. The van der Waals surface area contributed by atoms with Crippen LogP contribution in [0, 0.1) is 0 Å². The van der Waals surface area contributed by atoms with Gasteiger partial charge in [-0.3, -0.25) is 5.10 Å². The van der Waals surface area contributed by atoms with E-state index >= 15 is 0 Å². The average molecular weight is 378 g/mol. The van der Waals surface area contributed by atoms with Gasteiger partial charge in [-0.05, 0) is 30.3 Å². The lowest BCUT2D eigenvalue weighted by Crippen LogP contribution is -1.91. The first kappa shape index (κ1) is 17.6. The van der Waals surface area contributed by atoms with Crippen LogP contribution < -0.4 is 14.2 Å². The third-order valence-corrected chi connectivity index (χ3v) is 4.25. The molecule has 8 heteroatoms. The van der Waals surface area contributed by atoms with E-state index in [9.17, 15) is 0 Å². The summed E-state index contributed by atoms with van der Waals surface area (Å²) in [5.74, 6) is 2.77. The van der Waals surface area contributed by atoms with E-state index in [-0.39, 0.29) is 0 Å². The van der Waals surface area contributed by atoms with Crippen molar-refractivity contribution in [3.8, 4) is 51.5 Å². The molecule has 0 radical (unpaired) electrons. The van der Waals surface area contributed by atoms with Gasteiger partial charge in [0.15, 0.2) is 0 Å². The van der Waals surface area contributed by atoms with Crippen molar-refractivity contribution in [2.75, 3.05) is 21.3 Å². The quantitative estimate of drug-likeness (QED) is 0.545. The Morgan fingerprint density at radius 3 is 2.50 bits per heavy atom. The van der Waals surface area contributed by atoms with Crippen LogP contribution in [0.3, 0.4) is 0 Å². The Morgan fingerprint density at radius 2 is 1.71 bits per heavy atom. The van der Waals surface area contributed by atoms with Crippen LogP contribution in [0.25, 0.3) is 34.2 Å². The molecular weight excluding hydrogens is 360 g/mol. The van der Waals surface area contributed by atoms with Gasteiger partial charge in [0.2, 0.25) is 5.82 Å². The van der Waals surface area contributed by atoms with E-state index < -0.39 is 0 Å². The van der Waals surface area contributed by atoms with Crippen LogP contribution >= 0.6 is 0 Å². The highest BCUT2D eigenvalue weighted by Crippen LogP contribution is 2.33. The van der Waals surface area contributed by atoms with Crippen molar-refractivity contribution in [1.29, 1.82) is 0 Å². The Kier molecular flexibility index (Phi) is 4.67. The van der Waals surface area contributed by atoms with Gasteiger partial charge in [0, 0.05) is 11.6 Å². The number of aromatic amines is 1. The van der Waals surface area contributed by atoms with Crippen LogP contribution in [-0.2, 0) is 0 Å². The van der Waals surface area contributed by atoms with Crippen LogP contribution in [0.2, 0.25) is 0 Å². The maximum atomic E-state index is 5.41. The van der Waals surface area contributed by atoms with E-state index in [1.54, 1.807) is 27.4 Å². The van der Waals surface area contributed by atoms with Gasteiger partial charge in [0.05, 0.1) is 32.6 Å². The first-order chi connectivity index (χ1) is 13.7. The molecule has 0 bridgehead atoms. The van der Waals surface area contributed by atoms with Crippen LogP contribution in [0.5, 0.6) is 17.2 Å². The maximum absolute atomic E-state index is 5.41. The highest BCUT2D eigenvalue weighted by atomic mass is 16.5. The molecule has 1 N–H and O–H groups in total. The van der Waals surface area contributed by atoms with Crippen molar-refractivity contribution in [2.24, 2.45) is 0 Å². The first-order valence-corrected chi connectivity index (χ1v) is 8.48. The molecule has 0 aliphatic carbocycles. The Labute approximate surface area is 161 Å². The predicted octanol–water partition coefficient (Wildman–Crippen LogP) is 3.82. The lowest BCUT2D eigenvalue weighted by Gasteiger charge is -2.07. The van der Waals surface area contributed by atoms with E-state index in [2.05, 4.69) is 20.3 Å². The first-order valence-electron chi connectivity index (χ1n) is 8.48. The van der Waals surface area contributed by atoms with Gasteiger partial charge in [-0.15, -0.1) is 0 Å². The molecule has 0 spiro atoms. The average Bonchev–Trinajstić information content (AvgIpc) is 3.43. The molecule has 2 heterocycles. The number of methoxy groups -OCH3 is 3. The summed E-state index contributed by atoms with van der Waals surface area (Å²) in [6, 6.07) is 14.9. The van der Waals surface area contributed by atoms with Crippen LogP contribution in [0.1, 0.15) is 0 Å². The van der Waals surface area contributed by atoms with Crippen LogP contribution in [-0.4, -0.2) is 41.7 Å². The molecule has 0 unspecified atom stereocenters. The number of hydrogen-bond acceptors (Lipinski definition) is 7. The highest BCUT2D eigenvalue weighted by molar-refractivity contribution is 5.69. The smallest absolute Gasteiger partial charge is 0.276 e. The lowest BCUT2D eigenvalue weighted by molar-refractivity contribution is 0.394. The zero-order valence-electron chi connectivity index (χ0n) is 15.6. The van der Waals surface area contributed by atoms with Crippen molar-refractivity contribution in [1.82, 2.24) is 20.3 Å². The van der Waals surface area contributed by atoms with Gasteiger partial charge in [-0.25, -0.2) is 0 Å². The number of ether oxygens (including phenoxy) is 3. The molecule has 0 fully saturated rings. The fourth-order valence-corrected chi connectivity index (χ4v) is 2.79. The Bertz CT molecular complexity index is 1100. The minimum atomic E-state index is 0.328. The molecule has 0 aliphatic heterocycles. The van der Waals surface area contributed by atoms with Gasteiger partial charge in [-0.1, -0.05) is 17.3 Å². The molecule has 8 nitrogen and oxygen atoms in total. The van der Waals surface area contributed by atoms with Crippen LogP contribution in [0.4, 0.5) is 0 Å².